The van der Waals surface area contributed by atoms with Gasteiger partial charge in [-0.2, -0.15) is 4.98 Å². The van der Waals surface area contributed by atoms with Crippen LogP contribution in [0.25, 0.3) is 0 Å². The fourth-order valence-electron chi connectivity index (χ4n) is 3.42. The number of piperidine rings is 1. The van der Waals surface area contributed by atoms with E-state index in [2.05, 4.69) is 20.4 Å². The molecule has 0 atom stereocenters. The highest BCUT2D eigenvalue weighted by Gasteiger charge is 2.23. The maximum atomic E-state index is 12.4. The van der Waals surface area contributed by atoms with Gasteiger partial charge < -0.3 is 14.7 Å². The second-order valence-electron chi connectivity index (χ2n) is 6.62. The Hall–Kier alpha value is -1.47. The Balaban J connectivity index is 1.37. The molecule has 2 aliphatic heterocycles. The highest BCUT2D eigenvalue weighted by atomic mass is 16.5. The first kappa shape index (κ1) is 16.4. The molecule has 2 fully saturated rings. The van der Waals surface area contributed by atoms with E-state index in [1.165, 1.54) is 12.8 Å². The van der Waals surface area contributed by atoms with E-state index in [4.69, 9.17) is 4.52 Å². The third kappa shape index (κ3) is 4.75. The highest BCUT2D eigenvalue weighted by molar-refractivity contribution is 5.76. The maximum absolute atomic E-state index is 12.4. The number of aryl methyl sites for hydroxylation is 1. The predicted molar refractivity (Wildman–Crippen MR) is 85.7 cm³/mol. The van der Waals surface area contributed by atoms with Crippen molar-refractivity contribution >= 4 is 5.91 Å². The van der Waals surface area contributed by atoms with Gasteiger partial charge >= 0.3 is 0 Å². The van der Waals surface area contributed by atoms with Crippen molar-refractivity contribution in [1.29, 1.82) is 0 Å². The Bertz CT molecular complexity index is 504. The van der Waals surface area contributed by atoms with Crippen LogP contribution in [0.4, 0.5) is 0 Å². The van der Waals surface area contributed by atoms with Crippen molar-refractivity contribution in [2.24, 2.45) is 5.92 Å². The Morgan fingerprint density at radius 3 is 2.65 bits per heavy atom. The van der Waals surface area contributed by atoms with E-state index < -0.39 is 0 Å². The first-order valence-corrected chi connectivity index (χ1v) is 8.71. The summed E-state index contributed by atoms with van der Waals surface area (Å²) in [7, 11) is 0. The Kier molecular flexibility index (Phi) is 5.61. The van der Waals surface area contributed by atoms with Crippen LogP contribution in [-0.4, -0.2) is 65.1 Å². The molecule has 128 valence electrons. The quantitative estimate of drug-likeness (QED) is 0.865. The Labute approximate surface area is 137 Å². The van der Waals surface area contributed by atoms with Gasteiger partial charge in [0, 0.05) is 39.5 Å². The number of hydrogen-bond acceptors (Lipinski definition) is 6. The zero-order valence-electron chi connectivity index (χ0n) is 14.0. The molecule has 1 aromatic rings. The number of piperazine rings is 1. The normalized spacial score (nSPS) is 20.8. The van der Waals surface area contributed by atoms with Crippen molar-refractivity contribution in [1.82, 2.24) is 25.3 Å². The molecule has 0 unspecified atom stereocenters. The van der Waals surface area contributed by atoms with Gasteiger partial charge in [0.1, 0.15) is 0 Å². The molecule has 1 amide bonds. The lowest BCUT2D eigenvalue weighted by molar-refractivity contribution is -0.133. The van der Waals surface area contributed by atoms with E-state index in [1.54, 1.807) is 6.92 Å². The molecular weight excluding hydrogens is 294 g/mol. The number of nitrogens with one attached hydrogen (secondary N) is 1. The van der Waals surface area contributed by atoms with Crippen LogP contribution >= 0.6 is 0 Å². The molecule has 3 rings (SSSR count). The number of carbonyl (C=O) groups is 1. The van der Waals surface area contributed by atoms with Crippen LogP contribution in [0.15, 0.2) is 4.52 Å². The van der Waals surface area contributed by atoms with Gasteiger partial charge in [-0.25, -0.2) is 0 Å². The summed E-state index contributed by atoms with van der Waals surface area (Å²) in [5.41, 5.74) is 0. The predicted octanol–water partition coefficient (Wildman–Crippen LogP) is 0.802. The second kappa shape index (κ2) is 7.88. The number of rotatable bonds is 5. The topological polar surface area (TPSA) is 74.5 Å². The van der Waals surface area contributed by atoms with E-state index in [9.17, 15) is 4.79 Å². The van der Waals surface area contributed by atoms with Crippen LogP contribution in [0.5, 0.6) is 0 Å². The molecule has 2 aliphatic rings. The molecule has 0 bridgehead atoms. The van der Waals surface area contributed by atoms with Crippen molar-refractivity contribution in [3.05, 3.63) is 11.7 Å². The summed E-state index contributed by atoms with van der Waals surface area (Å²) >= 11 is 0. The molecule has 0 aliphatic carbocycles. The molecule has 0 aromatic carbocycles. The van der Waals surface area contributed by atoms with Crippen LogP contribution < -0.4 is 5.32 Å². The largest absolute Gasteiger partial charge is 0.340 e. The first-order chi connectivity index (χ1) is 11.2. The molecule has 2 saturated heterocycles. The molecule has 1 aromatic heterocycles. The fraction of sp³-hybridized carbons (Fsp3) is 0.812. The smallest absolute Gasteiger partial charge is 0.223 e. The lowest BCUT2D eigenvalue weighted by Gasteiger charge is -2.34. The van der Waals surface area contributed by atoms with Gasteiger partial charge in [0.25, 0.3) is 0 Å². The average Bonchev–Trinajstić information content (AvgIpc) is 2.99. The van der Waals surface area contributed by atoms with Crippen molar-refractivity contribution in [3.8, 4) is 0 Å². The molecule has 0 saturated carbocycles. The van der Waals surface area contributed by atoms with Gasteiger partial charge in [-0.3, -0.25) is 9.69 Å². The summed E-state index contributed by atoms with van der Waals surface area (Å²) in [6.45, 7) is 8.09. The maximum Gasteiger partial charge on any atom is 0.223 e. The standard InChI is InChI=1S/C16H27N5O2/c1-13-18-15(19-23-13)12-20-8-10-21(11-9-20)16(22)3-2-14-4-6-17-7-5-14/h14,17H,2-12H2,1H3. The van der Waals surface area contributed by atoms with E-state index in [0.717, 1.165) is 57.4 Å². The molecule has 7 nitrogen and oxygen atoms in total. The third-order valence-electron chi connectivity index (χ3n) is 4.88. The van der Waals surface area contributed by atoms with Crippen molar-refractivity contribution < 1.29 is 9.32 Å². The summed E-state index contributed by atoms with van der Waals surface area (Å²) in [4.78, 5) is 20.9. The van der Waals surface area contributed by atoms with E-state index in [-0.39, 0.29) is 0 Å². The molecule has 23 heavy (non-hydrogen) atoms. The molecule has 0 radical (unpaired) electrons. The van der Waals surface area contributed by atoms with Gasteiger partial charge in [0.15, 0.2) is 5.82 Å². The van der Waals surface area contributed by atoms with E-state index in [0.29, 0.717) is 24.8 Å². The third-order valence-corrected chi connectivity index (χ3v) is 4.88. The molecule has 3 heterocycles. The lowest BCUT2D eigenvalue weighted by Crippen LogP contribution is -2.48. The van der Waals surface area contributed by atoms with Gasteiger partial charge in [0.05, 0.1) is 6.54 Å². The van der Waals surface area contributed by atoms with Gasteiger partial charge in [-0.05, 0) is 38.3 Å². The molecule has 7 heteroatoms. The number of amides is 1. The number of nitrogens with zero attached hydrogens (tertiary/aromatic N) is 4. The molecule has 1 N–H and O–H groups in total. The lowest BCUT2D eigenvalue weighted by atomic mass is 9.93. The SMILES string of the molecule is Cc1nc(CN2CCN(C(=O)CCC3CCNCC3)CC2)no1. The first-order valence-electron chi connectivity index (χ1n) is 8.71. The van der Waals surface area contributed by atoms with Crippen molar-refractivity contribution in [2.75, 3.05) is 39.3 Å². The minimum atomic E-state index is 0.318. The van der Waals surface area contributed by atoms with E-state index in [1.807, 2.05) is 4.90 Å². The number of hydrogen-bond donors (Lipinski definition) is 1. The van der Waals surface area contributed by atoms with Crippen molar-refractivity contribution in [2.45, 2.75) is 39.2 Å². The second-order valence-corrected chi connectivity index (χ2v) is 6.62. The van der Waals surface area contributed by atoms with Gasteiger partial charge in [0.2, 0.25) is 11.8 Å². The van der Waals surface area contributed by atoms with Crippen LogP contribution in [0.1, 0.15) is 37.4 Å². The zero-order chi connectivity index (χ0) is 16.1. The summed E-state index contributed by atoms with van der Waals surface area (Å²) in [6.07, 6.45) is 4.17. The Morgan fingerprint density at radius 2 is 2.00 bits per heavy atom. The van der Waals surface area contributed by atoms with Crippen LogP contribution in [-0.2, 0) is 11.3 Å². The minimum absolute atomic E-state index is 0.318. The number of aromatic nitrogens is 2. The van der Waals surface area contributed by atoms with Gasteiger partial charge in [-0.1, -0.05) is 5.16 Å². The monoisotopic (exact) mass is 321 g/mol. The molecular formula is C16H27N5O2. The zero-order valence-corrected chi connectivity index (χ0v) is 14.0. The minimum Gasteiger partial charge on any atom is -0.340 e. The van der Waals surface area contributed by atoms with Crippen LogP contribution in [0, 0.1) is 12.8 Å². The highest BCUT2D eigenvalue weighted by Crippen LogP contribution is 2.18. The number of carbonyl (C=O) groups excluding carboxylic acids is 1. The summed E-state index contributed by atoms with van der Waals surface area (Å²) < 4.78 is 5.00. The average molecular weight is 321 g/mol. The van der Waals surface area contributed by atoms with Crippen molar-refractivity contribution in [3.63, 3.8) is 0 Å². The van der Waals surface area contributed by atoms with Crippen LogP contribution in [0.2, 0.25) is 0 Å². The van der Waals surface area contributed by atoms with Gasteiger partial charge in [-0.15, -0.1) is 0 Å². The summed E-state index contributed by atoms with van der Waals surface area (Å²) in [6, 6.07) is 0. The Morgan fingerprint density at radius 1 is 1.26 bits per heavy atom. The van der Waals surface area contributed by atoms with E-state index >= 15 is 0 Å². The summed E-state index contributed by atoms with van der Waals surface area (Å²) in [5.74, 6) is 2.38. The summed E-state index contributed by atoms with van der Waals surface area (Å²) in [5, 5.41) is 7.31. The fourth-order valence-corrected chi connectivity index (χ4v) is 3.42. The molecule has 0 spiro atoms. The van der Waals surface area contributed by atoms with Crippen LogP contribution in [0.3, 0.4) is 0 Å².